The first-order valence-corrected chi connectivity index (χ1v) is 5.60. The second-order valence-corrected chi connectivity index (χ2v) is 4.26. The predicted molar refractivity (Wildman–Crippen MR) is 60.5 cm³/mol. The number of aliphatic hydroxyl groups is 1. The lowest BCUT2D eigenvalue weighted by Gasteiger charge is -2.06. The smallest absolute Gasteiger partial charge is 0.368 e. The molecule has 1 aromatic carbocycles. The van der Waals surface area contributed by atoms with Crippen LogP contribution >= 0.6 is 0 Å². The summed E-state index contributed by atoms with van der Waals surface area (Å²) in [6.45, 7) is 0.443. The lowest BCUT2D eigenvalue weighted by Crippen LogP contribution is -2.04. The number of rotatable bonds is 2. The zero-order chi connectivity index (χ0) is 13.2. The van der Waals surface area contributed by atoms with Crippen LogP contribution in [0.15, 0.2) is 30.3 Å². The van der Waals surface area contributed by atoms with Crippen LogP contribution in [0.3, 0.4) is 0 Å². The largest absolute Gasteiger partial charge is 0.416 e. The summed E-state index contributed by atoms with van der Waals surface area (Å²) >= 11 is 0. The van der Waals surface area contributed by atoms with Gasteiger partial charge < -0.3 is 9.84 Å². The summed E-state index contributed by atoms with van der Waals surface area (Å²) < 4.78 is 42.0. The van der Waals surface area contributed by atoms with Crippen molar-refractivity contribution in [1.29, 1.82) is 0 Å². The predicted octanol–water partition coefficient (Wildman–Crippen LogP) is 3.07. The van der Waals surface area contributed by atoms with E-state index in [1.807, 2.05) is 6.08 Å². The van der Waals surface area contributed by atoms with Crippen LogP contribution in [0, 0.1) is 5.92 Å². The average Bonchev–Trinajstić information content (AvgIpc) is 2.72. The minimum Gasteiger partial charge on any atom is -0.368 e. The van der Waals surface area contributed by atoms with E-state index in [0.29, 0.717) is 18.6 Å². The molecule has 1 unspecified atom stereocenters. The summed E-state index contributed by atoms with van der Waals surface area (Å²) in [4.78, 5) is 0. The highest BCUT2D eigenvalue weighted by molar-refractivity contribution is 5.50. The van der Waals surface area contributed by atoms with E-state index in [4.69, 9.17) is 9.84 Å². The third-order valence-electron chi connectivity index (χ3n) is 2.81. The molecule has 1 heterocycles. The Kier molecular flexibility index (Phi) is 3.73. The van der Waals surface area contributed by atoms with E-state index in [0.717, 1.165) is 12.1 Å². The van der Waals surface area contributed by atoms with Gasteiger partial charge in [-0.25, -0.2) is 0 Å². The third kappa shape index (κ3) is 3.34. The van der Waals surface area contributed by atoms with Crippen molar-refractivity contribution >= 4 is 6.08 Å². The van der Waals surface area contributed by atoms with Crippen molar-refractivity contribution in [3.05, 3.63) is 41.5 Å². The van der Waals surface area contributed by atoms with E-state index >= 15 is 0 Å². The molecule has 1 fully saturated rings. The van der Waals surface area contributed by atoms with Gasteiger partial charge in [0.1, 0.15) is 0 Å². The Morgan fingerprint density at radius 2 is 1.89 bits per heavy atom. The van der Waals surface area contributed by atoms with Crippen molar-refractivity contribution in [1.82, 2.24) is 0 Å². The van der Waals surface area contributed by atoms with Gasteiger partial charge in [-0.15, -0.1) is 0 Å². The van der Waals surface area contributed by atoms with E-state index in [9.17, 15) is 13.2 Å². The highest BCUT2D eigenvalue weighted by atomic mass is 19.4. The molecule has 1 aliphatic heterocycles. The Bertz CT molecular complexity index is 423. The Labute approximate surface area is 103 Å². The van der Waals surface area contributed by atoms with Crippen molar-refractivity contribution in [2.45, 2.75) is 18.9 Å². The van der Waals surface area contributed by atoms with E-state index in [-0.39, 0.29) is 5.92 Å². The molecule has 2 rings (SSSR count). The Morgan fingerprint density at radius 1 is 1.22 bits per heavy atom. The number of alkyl halides is 3. The molecule has 1 aliphatic rings. The molecule has 1 aromatic rings. The maximum absolute atomic E-state index is 12.3. The van der Waals surface area contributed by atoms with Gasteiger partial charge in [-0.1, -0.05) is 24.3 Å². The van der Waals surface area contributed by atoms with Crippen molar-refractivity contribution in [3.8, 4) is 0 Å². The highest BCUT2D eigenvalue weighted by Crippen LogP contribution is 2.29. The van der Waals surface area contributed by atoms with Gasteiger partial charge in [-0.05, 0) is 17.7 Å². The van der Waals surface area contributed by atoms with Gasteiger partial charge in [-0.3, -0.25) is 0 Å². The first-order chi connectivity index (χ1) is 8.45. The van der Waals surface area contributed by atoms with E-state index in [1.165, 1.54) is 12.1 Å². The van der Waals surface area contributed by atoms with Crippen LogP contribution in [0.4, 0.5) is 13.2 Å². The van der Waals surface area contributed by atoms with Crippen LogP contribution in [0.5, 0.6) is 0 Å². The second-order valence-electron chi connectivity index (χ2n) is 4.26. The fourth-order valence-corrected chi connectivity index (χ4v) is 1.79. The normalized spacial score (nSPS) is 24.9. The molecular weight excluding hydrogens is 245 g/mol. The van der Waals surface area contributed by atoms with Crippen LogP contribution < -0.4 is 0 Å². The molecule has 0 radical (unpaired) electrons. The van der Waals surface area contributed by atoms with Gasteiger partial charge in [0, 0.05) is 12.3 Å². The molecule has 0 bridgehead atoms. The number of hydrogen-bond donors (Lipinski definition) is 1. The van der Waals surface area contributed by atoms with Crippen LogP contribution in [-0.4, -0.2) is 18.0 Å². The minimum absolute atomic E-state index is 0.113. The maximum Gasteiger partial charge on any atom is 0.416 e. The van der Waals surface area contributed by atoms with Crippen molar-refractivity contribution in [2.75, 3.05) is 6.61 Å². The highest BCUT2D eigenvalue weighted by Gasteiger charge is 2.29. The van der Waals surface area contributed by atoms with Crippen LogP contribution in [0.2, 0.25) is 0 Å². The maximum atomic E-state index is 12.3. The van der Waals surface area contributed by atoms with Gasteiger partial charge in [0.15, 0.2) is 6.29 Å². The fraction of sp³-hybridized carbons (Fsp3) is 0.385. The summed E-state index contributed by atoms with van der Waals surface area (Å²) in [6, 6.07) is 4.95. The molecule has 2 nitrogen and oxygen atoms in total. The molecule has 0 spiro atoms. The topological polar surface area (TPSA) is 29.5 Å². The summed E-state index contributed by atoms with van der Waals surface area (Å²) in [5.74, 6) is 0.113. The summed E-state index contributed by atoms with van der Waals surface area (Å²) in [6.07, 6.45) is -0.916. The van der Waals surface area contributed by atoms with Crippen molar-refractivity contribution in [3.63, 3.8) is 0 Å². The van der Waals surface area contributed by atoms with E-state index in [1.54, 1.807) is 6.08 Å². The molecule has 0 amide bonds. The average molecular weight is 258 g/mol. The van der Waals surface area contributed by atoms with Crippen LogP contribution in [0.1, 0.15) is 17.5 Å². The molecule has 5 heteroatoms. The van der Waals surface area contributed by atoms with E-state index in [2.05, 4.69) is 0 Å². The summed E-state index contributed by atoms with van der Waals surface area (Å²) in [5.41, 5.74) is 0.0451. The molecule has 1 saturated heterocycles. The van der Waals surface area contributed by atoms with Gasteiger partial charge in [-0.2, -0.15) is 13.2 Å². The molecule has 0 saturated carbocycles. The second kappa shape index (κ2) is 5.12. The Morgan fingerprint density at radius 3 is 2.39 bits per heavy atom. The van der Waals surface area contributed by atoms with Crippen LogP contribution in [-0.2, 0) is 10.9 Å². The zero-order valence-corrected chi connectivity index (χ0v) is 9.52. The number of hydrogen-bond acceptors (Lipinski definition) is 2. The number of aliphatic hydroxyl groups excluding tert-OH is 1. The van der Waals surface area contributed by atoms with Gasteiger partial charge in [0.25, 0.3) is 0 Å². The summed E-state index contributed by atoms with van der Waals surface area (Å²) in [5, 5.41) is 9.14. The summed E-state index contributed by atoms with van der Waals surface area (Å²) in [7, 11) is 0. The van der Waals surface area contributed by atoms with Crippen LogP contribution in [0.25, 0.3) is 6.08 Å². The SMILES string of the molecule is OC1C[C@@H](/C=C/c2ccc(C(F)(F)F)cc2)CO1. The first-order valence-electron chi connectivity index (χ1n) is 5.60. The Hall–Kier alpha value is -1.33. The van der Waals surface area contributed by atoms with Gasteiger partial charge in [0.05, 0.1) is 12.2 Å². The van der Waals surface area contributed by atoms with Gasteiger partial charge in [0.2, 0.25) is 0 Å². The molecular formula is C13H13F3O2. The van der Waals surface area contributed by atoms with Crippen molar-refractivity contribution < 1.29 is 23.0 Å². The number of benzene rings is 1. The molecule has 2 atom stereocenters. The first kappa shape index (κ1) is 13.1. The molecule has 98 valence electrons. The fourth-order valence-electron chi connectivity index (χ4n) is 1.79. The lowest BCUT2D eigenvalue weighted by atomic mass is 10.1. The van der Waals surface area contributed by atoms with Gasteiger partial charge >= 0.3 is 6.18 Å². The minimum atomic E-state index is -4.30. The number of halogens is 3. The molecule has 0 aliphatic carbocycles. The standard InChI is InChI=1S/C13H13F3O2/c14-13(15,16)11-5-3-9(4-6-11)1-2-10-7-12(17)18-8-10/h1-6,10,12,17H,7-8H2/b2-1+/t10-,12?/m1/s1. The molecule has 0 aromatic heterocycles. The monoisotopic (exact) mass is 258 g/mol. The zero-order valence-electron chi connectivity index (χ0n) is 9.52. The van der Waals surface area contributed by atoms with E-state index < -0.39 is 18.0 Å². The Balaban J connectivity index is 2.00. The molecule has 18 heavy (non-hydrogen) atoms. The lowest BCUT2D eigenvalue weighted by molar-refractivity contribution is -0.137. The quantitative estimate of drug-likeness (QED) is 0.883. The third-order valence-corrected chi connectivity index (χ3v) is 2.81. The number of ether oxygens (including phenoxy) is 1. The van der Waals surface area contributed by atoms with Crippen molar-refractivity contribution in [2.24, 2.45) is 5.92 Å². The molecule has 1 N–H and O–H groups in total.